The van der Waals surface area contributed by atoms with E-state index in [2.05, 4.69) is 4.89 Å². The van der Waals surface area contributed by atoms with E-state index in [1.807, 2.05) is 19.1 Å². The van der Waals surface area contributed by atoms with Crippen LogP contribution in [0, 0.1) is 17.3 Å². The second-order valence-electron chi connectivity index (χ2n) is 9.71. The third-order valence-corrected chi connectivity index (χ3v) is 5.73. The molecule has 0 bridgehead atoms. The van der Waals surface area contributed by atoms with Crippen LogP contribution in [0.15, 0.2) is 47.8 Å². The molecule has 3 atom stereocenters. The Bertz CT molecular complexity index is 828. The molecule has 1 aliphatic carbocycles. The molecule has 0 heterocycles. The first-order valence-electron chi connectivity index (χ1n) is 11.1. The third kappa shape index (κ3) is 9.20. The summed E-state index contributed by atoms with van der Waals surface area (Å²) in [5, 5.41) is 9.07. The minimum absolute atomic E-state index is 0.0708. The Balaban J connectivity index is 3.42. The summed E-state index contributed by atoms with van der Waals surface area (Å²) in [5.41, 5.74) is 0.00466. The van der Waals surface area contributed by atoms with Crippen LogP contribution in [0.3, 0.4) is 0 Å². The minimum atomic E-state index is -0.863. The van der Waals surface area contributed by atoms with E-state index in [1.165, 1.54) is 26.4 Å². The summed E-state index contributed by atoms with van der Waals surface area (Å²) < 4.78 is 10.5. The van der Waals surface area contributed by atoms with Gasteiger partial charge in [0, 0.05) is 31.1 Å². The van der Waals surface area contributed by atoms with Gasteiger partial charge in [0.1, 0.15) is 11.4 Å². The van der Waals surface area contributed by atoms with Gasteiger partial charge in [0.05, 0.1) is 12.9 Å². The number of methoxy groups -OCH3 is 1. The van der Waals surface area contributed by atoms with Crippen LogP contribution >= 0.6 is 0 Å². The van der Waals surface area contributed by atoms with Gasteiger partial charge >= 0.3 is 5.97 Å². The maximum atomic E-state index is 13.4. The zero-order valence-corrected chi connectivity index (χ0v) is 20.8. The molecule has 0 saturated heterocycles. The highest BCUT2D eigenvalue weighted by atomic mass is 17.1. The molecular formula is C26H38O7. The second-order valence-corrected chi connectivity index (χ2v) is 9.71. The number of ether oxygens (including phenoxy) is 2. The van der Waals surface area contributed by atoms with E-state index in [4.69, 9.17) is 14.7 Å². The van der Waals surface area contributed by atoms with Crippen LogP contribution in [0.2, 0.25) is 0 Å². The lowest BCUT2D eigenvalue weighted by Gasteiger charge is -2.37. The van der Waals surface area contributed by atoms with Crippen LogP contribution in [0.4, 0.5) is 0 Å². The quantitative estimate of drug-likeness (QED) is 0.115. The number of hydrogen-bond acceptors (Lipinski definition) is 7. The van der Waals surface area contributed by atoms with Crippen molar-refractivity contribution < 1.29 is 34.0 Å². The lowest BCUT2D eigenvalue weighted by molar-refractivity contribution is -0.297. The number of esters is 1. The van der Waals surface area contributed by atoms with Crippen LogP contribution in [-0.2, 0) is 28.7 Å². The summed E-state index contributed by atoms with van der Waals surface area (Å²) in [4.78, 5) is 41.9. The zero-order valence-electron chi connectivity index (χ0n) is 20.8. The number of Topliss-reactive ketones (excluding diaryl/α,β-unsaturated/α-hetero) is 2. The predicted octanol–water partition coefficient (Wildman–Crippen LogP) is 4.99. The Hall–Kier alpha value is -2.35. The fourth-order valence-corrected chi connectivity index (χ4v) is 3.98. The van der Waals surface area contributed by atoms with Gasteiger partial charge in [-0.3, -0.25) is 10.1 Å². The summed E-state index contributed by atoms with van der Waals surface area (Å²) in [5.74, 6) is -1.74. The first-order chi connectivity index (χ1) is 15.3. The highest BCUT2D eigenvalue weighted by molar-refractivity contribution is 6.00. The average molecular weight is 463 g/mol. The fourth-order valence-electron chi connectivity index (χ4n) is 3.98. The Labute approximate surface area is 197 Å². The Kier molecular flexibility index (Phi) is 11.1. The van der Waals surface area contributed by atoms with Crippen LogP contribution in [0.1, 0.15) is 60.8 Å². The standard InChI is InChI=1S/C26H38O7/c1-18(2)15-23(28)32-14-10-22-21(16-19(3)27)24(29)20(17-31-7)9-13-26(22,6)12-8-11-25(4,5)33-30/h8-11,14-15,21-22,30H,12-13,16-17H2,1-7H3/b11-8+,14-10+/t21-,22+,26+/m1/s1. The summed E-state index contributed by atoms with van der Waals surface area (Å²) >= 11 is 0. The van der Waals surface area contributed by atoms with Crippen LogP contribution in [0.5, 0.6) is 0 Å². The molecule has 184 valence electrons. The summed E-state index contributed by atoms with van der Waals surface area (Å²) in [6.07, 6.45) is 11.1. The molecule has 0 unspecified atom stereocenters. The lowest BCUT2D eigenvalue weighted by Crippen LogP contribution is -2.35. The van der Waals surface area contributed by atoms with Crippen LogP contribution in [-0.4, -0.2) is 42.1 Å². The van der Waals surface area contributed by atoms with E-state index in [-0.39, 0.29) is 30.5 Å². The Morgan fingerprint density at radius 3 is 2.48 bits per heavy atom. The van der Waals surface area contributed by atoms with Gasteiger partial charge in [0.25, 0.3) is 0 Å². The van der Waals surface area contributed by atoms with Gasteiger partial charge in [-0.05, 0) is 64.9 Å². The van der Waals surface area contributed by atoms with Gasteiger partial charge in [-0.2, -0.15) is 0 Å². The van der Waals surface area contributed by atoms with Gasteiger partial charge in [-0.25, -0.2) is 9.68 Å². The molecule has 0 spiro atoms. The summed E-state index contributed by atoms with van der Waals surface area (Å²) in [7, 11) is 1.53. The molecule has 0 aromatic rings. The summed E-state index contributed by atoms with van der Waals surface area (Å²) in [6.45, 7) is 10.7. The molecule has 1 rings (SSSR count). The molecule has 0 radical (unpaired) electrons. The third-order valence-electron chi connectivity index (χ3n) is 5.73. The lowest BCUT2D eigenvalue weighted by atomic mass is 9.66. The maximum Gasteiger partial charge on any atom is 0.335 e. The van der Waals surface area contributed by atoms with E-state index >= 15 is 0 Å². The largest absolute Gasteiger partial charge is 0.432 e. The predicted molar refractivity (Wildman–Crippen MR) is 126 cm³/mol. The van der Waals surface area contributed by atoms with Crippen molar-refractivity contribution in [3.8, 4) is 0 Å². The second kappa shape index (κ2) is 12.8. The molecule has 0 saturated carbocycles. The van der Waals surface area contributed by atoms with Crippen molar-refractivity contribution in [1.82, 2.24) is 0 Å². The normalized spacial score (nSPS) is 24.0. The monoisotopic (exact) mass is 462 g/mol. The topological polar surface area (TPSA) is 99.1 Å². The molecule has 1 N–H and O–H groups in total. The van der Waals surface area contributed by atoms with Gasteiger partial charge in [-0.15, -0.1) is 0 Å². The molecular weight excluding hydrogens is 424 g/mol. The molecule has 0 aliphatic heterocycles. The highest BCUT2D eigenvalue weighted by Crippen LogP contribution is 2.46. The maximum absolute atomic E-state index is 13.4. The minimum Gasteiger partial charge on any atom is -0.432 e. The Morgan fingerprint density at radius 2 is 1.94 bits per heavy atom. The number of hydrogen-bond donors (Lipinski definition) is 1. The number of rotatable bonds is 11. The van der Waals surface area contributed by atoms with E-state index in [0.29, 0.717) is 18.4 Å². The molecule has 0 fully saturated rings. The first kappa shape index (κ1) is 28.7. The van der Waals surface area contributed by atoms with Crippen molar-refractivity contribution >= 4 is 17.5 Å². The van der Waals surface area contributed by atoms with Crippen molar-refractivity contribution in [1.29, 1.82) is 0 Å². The van der Waals surface area contributed by atoms with Crippen molar-refractivity contribution in [2.45, 2.75) is 66.4 Å². The van der Waals surface area contributed by atoms with Gasteiger partial charge < -0.3 is 14.3 Å². The SMILES string of the molecule is COCC1=CC[C@](C)(C/C=C/C(C)(C)OO)[C@@H](/C=C/OC(=O)C=C(C)C)[C@@H](CC(C)=O)C1=O. The average Bonchev–Trinajstić information content (AvgIpc) is 2.79. The molecule has 1 aliphatic rings. The highest BCUT2D eigenvalue weighted by Gasteiger charge is 2.43. The van der Waals surface area contributed by atoms with E-state index in [1.54, 1.807) is 39.8 Å². The van der Waals surface area contributed by atoms with Crippen LogP contribution in [0.25, 0.3) is 0 Å². The van der Waals surface area contributed by atoms with Crippen molar-refractivity contribution in [3.63, 3.8) is 0 Å². The van der Waals surface area contributed by atoms with Crippen molar-refractivity contribution in [2.75, 3.05) is 13.7 Å². The number of ketones is 2. The van der Waals surface area contributed by atoms with E-state index < -0.39 is 22.9 Å². The molecule has 7 heteroatoms. The molecule has 0 aromatic carbocycles. The number of carbonyl (C=O) groups excluding carboxylic acids is 3. The van der Waals surface area contributed by atoms with Crippen molar-refractivity contribution in [2.24, 2.45) is 17.3 Å². The van der Waals surface area contributed by atoms with Gasteiger partial charge in [0.15, 0.2) is 5.78 Å². The smallest absolute Gasteiger partial charge is 0.335 e. The van der Waals surface area contributed by atoms with Crippen molar-refractivity contribution in [3.05, 3.63) is 47.8 Å². The number of carbonyl (C=O) groups is 3. The number of allylic oxidation sites excluding steroid dienone is 4. The fraction of sp³-hybridized carbons (Fsp3) is 0.577. The molecule has 0 aromatic heterocycles. The summed E-state index contributed by atoms with van der Waals surface area (Å²) in [6, 6.07) is 0. The van der Waals surface area contributed by atoms with Gasteiger partial charge in [0.2, 0.25) is 0 Å². The molecule has 7 nitrogen and oxygen atoms in total. The first-order valence-corrected chi connectivity index (χ1v) is 11.1. The Morgan fingerprint density at radius 1 is 1.27 bits per heavy atom. The zero-order chi connectivity index (χ0) is 25.2. The van der Waals surface area contributed by atoms with E-state index in [9.17, 15) is 14.4 Å². The van der Waals surface area contributed by atoms with Gasteiger partial charge in [-0.1, -0.05) is 30.7 Å². The van der Waals surface area contributed by atoms with Crippen LogP contribution < -0.4 is 0 Å². The van der Waals surface area contributed by atoms with E-state index in [0.717, 1.165) is 5.57 Å². The molecule has 0 amide bonds. The molecule has 33 heavy (non-hydrogen) atoms.